The molecule has 1 aromatic carbocycles. The molecule has 1 heterocycles. The highest BCUT2D eigenvalue weighted by Gasteiger charge is 2.31. The number of hydrogen-bond acceptors (Lipinski definition) is 4. The van der Waals surface area contributed by atoms with Gasteiger partial charge in [-0.2, -0.15) is 13.2 Å². The lowest BCUT2D eigenvalue weighted by Gasteiger charge is -2.20. The third kappa shape index (κ3) is 4.75. The van der Waals surface area contributed by atoms with Gasteiger partial charge >= 0.3 is 6.18 Å². The fraction of sp³-hybridized carbons (Fsp3) is 0.524. The Balaban J connectivity index is 2.59. The van der Waals surface area contributed by atoms with Crippen molar-refractivity contribution in [2.75, 3.05) is 12.4 Å². The van der Waals surface area contributed by atoms with Crippen LogP contribution in [0.2, 0.25) is 0 Å². The van der Waals surface area contributed by atoms with E-state index in [1.807, 2.05) is 13.8 Å². The number of methoxy groups -OCH3 is 1. The van der Waals surface area contributed by atoms with Gasteiger partial charge in [-0.1, -0.05) is 27.7 Å². The molecule has 0 saturated heterocycles. The first-order chi connectivity index (χ1) is 13.3. The van der Waals surface area contributed by atoms with Crippen LogP contribution in [0.4, 0.5) is 19.0 Å². The van der Waals surface area contributed by atoms with Crippen molar-refractivity contribution >= 4 is 5.82 Å². The van der Waals surface area contributed by atoms with Crippen molar-refractivity contribution in [3.05, 3.63) is 35.2 Å². The van der Waals surface area contributed by atoms with Crippen molar-refractivity contribution < 1.29 is 17.9 Å². The molecular weight excluding hydrogens is 367 g/mol. The van der Waals surface area contributed by atoms with Gasteiger partial charge in [-0.15, -0.1) is 0 Å². The van der Waals surface area contributed by atoms with Gasteiger partial charge < -0.3 is 10.1 Å². The van der Waals surface area contributed by atoms with E-state index in [0.717, 1.165) is 42.2 Å². The molecule has 2 aromatic rings. The molecule has 0 atom stereocenters. The Bertz CT molecular complexity index is 802. The first kappa shape index (κ1) is 22.0. The van der Waals surface area contributed by atoms with Gasteiger partial charge in [0.1, 0.15) is 11.6 Å². The molecule has 0 unspecified atom stereocenters. The summed E-state index contributed by atoms with van der Waals surface area (Å²) >= 11 is 0. The van der Waals surface area contributed by atoms with Crippen LogP contribution in [0.3, 0.4) is 0 Å². The highest BCUT2D eigenvalue weighted by molar-refractivity contribution is 5.71. The molecule has 0 aliphatic rings. The second kappa shape index (κ2) is 9.26. The molecule has 7 heteroatoms. The van der Waals surface area contributed by atoms with E-state index in [2.05, 4.69) is 19.2 Å². The fourth-order valence-electron chi connectivity index (χ4n) is 3.08. The molecule has 0 fully saturated rings. The van der Waals surface area contributed by atoms with E-state index in [1.165, 1.54) is 13.2 Å². The number of aryl methyl sites for hydroxylation is 2. The monoisotopic (exact) mass is 395 g/mol. The van der Waals surface area contributed by atoms with E-state index in [9.17, 15) is 13.2 Å². The van der Waals surface area contributed by atoms with E-state index in [0.29, 0.717) is 30.1 Å². The van der Waals surface area contributed by atoms with Crippen molar-refractivity contribution in [3.8, 4) is 17.0 Å². The second-order valence-corrected chi connectivity index (χ2v) is 6.59. The van der Waals surface area contributed by atoms with Crippen LogP contribution in [0.25, 0.3) is 11.3 Å². The van der Waals surface area contributed by atoms with E-state index in [4.69, 9.17) is 14.7 Å². The largest absolute Gasteiger partial charge is 0.496 e. The standard InChI is InChI=1S/C21H28F3N3O/c1-6-14(7-2)25-20-17(9-4)26-19(16(8-3)27-20)15-11-10-13(21(22,23)24)12-18(15)28-5/h10-12,14H,6-9H2,1-5H3,(H,25,27). The van der Waals surface area contributed by atoms with E-state index in [-0.39, 0.29) is 5.75 Å². The predicted octanol–water partition coefficient (Wildman–Crippen LogP) is 5.90. The molecule has 0 radical (unpaired) electrons. The van der Waals surface area contributed by atoms with Gasteiger partial charge in [0.15, 0.2) is 0 Å². The van der Waals surface area contributed by atoms with Gasteiger partial charge in [0, 0.05) is 11.6 Å². The highest BCUT2D eigenvalue weighted by Crippen LogP contribution is 2.38. The van der Waals surface area contributed by atoms with Gasteiger partial charge in [-0.3, -0.25) is 0 Å². The quantitative estimate of drug-likeness (QED) is 0.605. The SMILES string of the molecule is CCc1nc(-c2ccc(C(F)(F)F)cc2OC)c(CC)nc1NC(CC)CC. The average molecular weight is 395 g/mol. The minimum absolute atomic E-state index is 0.140. The van der Waals surface area contributed by atoms with E-state index >= 15 is 0 Å². The van der Waals surface area contributed by atoms with Gasteiger partial charge in [0.2, 0.25) is 0 Å². The minimum Gasteiger partial charge on any atom is -0.496 e. The zero-order valence-electron chi connectivity index (χ0n) is 17.1. The fourth-order valence-corrected chi connectivity index (χ4v) is 3.08. The van der Waals surface area contributed by atoms with Crippen molar-refractivity contribution in [3.63, 3.8) is 0 Å². The molecule has 4 nitrogen and oxygen atoms in total. The number of nitrogens with zero attached hydrogens (tertiary/aromatic N) is 2. The van der Waals surface area contributed by atoms with Gasteiger partial charge in [-0.05, 0) is 43.9 Å². The number of benzene rings is 1. The minimum atomic E-state index is -4.43. The van der Waals surface area contributed by atoms with Crippen molar-refractivity contribution in [1.29, 1.82) is 0 Å². The number of nitrogens with one attached hydrogen (secondary N) is 1. The number of ether oxygens (including phenoxy) is 1. The summed E-state index contributed by atoms with van der Waals surface area (Å²) in [5, 5.41) is 3.46. The molecule has 0 bridgehead atoms. The lowest BCUT2D eigenvalue weighted by atomic mass is 10.0. The van der Waals surface area contributed by atoms with E-state index in [1.54, 1.807) is 0 Å². The summed E-state index contributed by atoms with van der Waals surface area (Å²) in [6.07, 6.45) is -1.22. The van der Waals surface area contributed by atoms with Crippen LogP contribution in [-0.2, 0) is 19.0 Å². The third-order valence-electron chi connectivity index (χ3n) is 4.82. The Hall–Kier alpha value is -2.31. The Labute approximate surface area is 164 Å². The summed E-state index contributed by atoms with van der Waals surface area (Å²) in [7, 11) is 1.36. The number of aromatic nitrogens is 2. The molecular formula is C21H28F3N3O. The lowest BCUT2D eigenvalue weighted by Crippen LogP contribution is -2.20. The maximum absolute atomic E-state index is 13.1. The van der Waals surface area contributed by atoms with Crippen LogP contribution in [0.1, 0.15) is 57.5 Å². The molecule has 0 aliphatic heterocycles. The summed E-state index contributed by atoms with van der Waals surface area (Å²) in [4.78, 5) is 9.54. The van der Waals surface area contributed by atoms with Crippen molar-refractivity contribution in [2.45, 2.75) is 65.6 Å². The number of alkyl halides is 3. The van der Waals surface area contributed by atoms with Crippen LogP contribution in [0, 0.1) is 0 Å². The molecule has 0 saturated carbocycles. The van der Waals surface area contributed by atoms with E-state index < -0.39 is 11.7 Å². The molecule has 1 aromatic heterocycles. The second-order valence-electron chi connectivity index (χ2n) is 6.59. The number of anilines is 1. The summed E-state index contributed by atoms with van der Waals surface area (Å²) in [6.45, 7) is 8.17. The van der Waals surface area contributed by atoms with Gasteiger partial charge in [0.25, 0.3) is 0 Å². The van der Waals surface area contributed by atoms with Crippen LogP contribution in [-0.4, -0.2) is 23.1 Å². The molecule has 2 rings (SSSR count). The number of halogens is 3. The Kier molecular flexibility index (Phi) is 7.27. The Morgan fingerprint density at radius 2 is 1.64 bits per heavy atom. The maximum atomic E-state index is 13.1. The first-order valence-corrected chi connectivity index (χ1v) is 9.70. The summed E-state index contributed by atoms with van der Waals surface area (Å²) < 4.78 is 44.4. The molecule has 28 heavy (non-hydrogen) atoms. The first-order valence-electron chi connectivity index (χ1n) is 9.70. The Morgan fingerprint density at radius 3 is 2.14 bits per heavy atom. The van der Waals surface area contributed by atoms with Crippen LogP contribution in [0.15, 0.2) is 18.2 Å². The summed E-state index contributed by atoms with van der Waals surface area (Å²) in [5.41, 5.74) is 1.86. The molecule has 0 amide bonds. The van der Waals surface area contributed by atoms with Crippen LogP contribution >= 0.6 is 0 Å². The van der Waals surface area contributed by atoms with Gasteiger partial charge in [-0.25, -0.2) is 9.97 Å². The van der Waals surface area contributed by atoms with Crippen LogP contribution in [0.5, 0.6) is 5.75 Å². The number of rotatable bonds is 8. The smallest absolute Gasteiger partial charge is 0.416 e. The molecule has 0 spiro atoms. The van der Waals surface area contributed by atoms with Gasteiger partial charge in [0.05, 0.1) is 29.8 Å². The highest BCUT2D eigenvalue weighted by atomic mass is 19.4. The van der Waals surface area contributed by atoms with Crippen molar-refractivity contribution in [2.24, 2.45) is 0 Å². The average Bonchev–Trinajstić information content (AvgIpc) is 2.70. The van der Waals surface area contributed by atoms with Crippen LogP contribution < -0.4 is 10.1 Å². The zero-order chi connectivity index (χ0) is 20.9. The topological polar surface area (TPSA) is 47.0 Å². The lowest BCUT2D eigenvalue weighted by molar-refractivity contribution is -0.137. The Morgan fingerprint density at radius 1 is 1.00 bits per heavy atom. The predicted molar refractivity (Wildman–Crippen MR) is 106 cm³/mol. The summed E-state index contributed by atoms with van der Waals surface area (Å²) in [5.74, 6) is 0.893. The molecule has 1 N–H and O–H groups in total. The maximum Gasteiger partial charge on any atom is 0.416 e. The molecule has 0 aliphatic carbocycles. The summed E-state index contributed by atoms with van der Waals surface area (Å²) in [6, 6.07) is 3.79. The normalized spacial score (nSPS) is 11.8. The zero-order valence-corrected chi connectivity index (χ0v) is 17.1. The number of hydrogen-bond donors (Lipinski definition) is 1. The molecule has 154 valence electrons. The van der Waals surface area contributed by atoms with Crippen molar-refractivity contribution in [1.82, 2.24) is 9.97 Å². The third-order valence-corrected chi connectivity index (χ3v) is 4.82.